The Balaban J connectivity index is 1.82. The van der Waals surface area contributed by atoms with Gasteiger partial charge in [0, 0.05) is 30.4 Å². The van der Waals surface area contributed by atoms with Crippen LogP contribution in [0.25, 0.3) is 0 Å². The van der Waals surface area contributed by atoms with Crippen molar-refractivity contribution >= 4 is 5.82 Å². The summed E-state index contributed by atoms with van der Waals surface area (Å²) in [6.45, 7) is 4.40. The van der Waals surface area contributed by atoms with Crippen LogP contribution in [0, 0.1) is 0 Å². The molecule has 4 heteroatoms. The molecule has 2 heterocycles. The lowest BCUT2D eigenvalue weighted by Gasteiger charge is -2.30. The maximum absolute atomic E-state index is 5.93. The first-order chi connectivity index (χ1) is 7.75. The maximum Gasteiger partial charge on any atom is 0.153 e. The van der Waals surface area contributed by atoms with Gasteiger partial charge in [-0.2, -0.15) is 5.10 Å². The van der Waals surface area contributed by atoms with Gasteiger partial charge in [-0.1, -0.05) is 6.92 Å². The summed E-state index contributed by atoms with van der Waals surface area (Å²) in [5.41, 5.74) is 8.76. The first-order valence-corrected chi connectivity index (χ1v) is 6.33. The molecular formula is C12H20N4. The van der Waals surface area contributed by atoms with Gasteiger partial charge in [-0.15, -0.1) is 0 Å². The SMILES string of the molecule is CC1CCc2c(N3CCC(N)CC3)n[nH]c21. The van der Waals surface area contributed by atoms with Gasteiger partial charge in [-0.05, 0) is 31.6 Å². The molecule has 1 saturated heterocycles. The average Bonchev–Trinajstić information content (AvgIpc) is 2.84. The molecule has 3 N–H and O–H groups in total. The topological polar surface area (TPSA) is 57.9 Å². The average molecular weight is 220 g/mol. The minimum atomic E-state index is 0.391. The Morgan fingerprint density at radius 1 is 1.31 bits per heavy atom. The van der Waals surface area contributed by atoms with Crippen molar-refractivity contribution in [3.05, 3.63) is 11.3 Å². The lowest BCUT2D eigenvalue weighted by atomic mass is 10.1. The predicted octanol–water partition coefficient (Wildman–Crippen LogP) is 1.39. The number of piperidine rings is 1. The summed E-state index contributed by atoms with van der Waals surface area (Å²) in [7, 11) is 0. The number of nitrogens with zero attached hydrogens (tertiary/aromatic N) is 2. The molecule has 0 spiro atoms. The number of H-pyrrole nitrogens is 1. The number of aromatic amines is 1. The van der Waals surface area contributed by atoms with Crippen molar-refractivity contribution in [1.29, 1.82) is 0 Å². The number of nitrogens with two attached hydrogens (primary N) is 1. The van der Waals surface area contributed by atoms with E-state index >= 15 is 0 Å². The molecule has 1 aliphatic heterocycles. The van der Waals surface area contributed by atoms with Gasteiger partial charge in [-0.25, -0.2) is 0 Å². The monoisotopic (exact) mass is 220 g/mol. The second-order valence-corrected chi connectivity index (χ2v) is 5.20. The lowest BCUT2D eigenvalue weighted by Crippen LogP contribution is -2.40. The molecular weight excluding hydrogens is 200 g/mol. The summed E-state index contributed by atoms with van der Waals surface area (Å²) >= 11 is 0. The highest BCUT2D eigenvalue weighted by Crippen LogP contribution is 2.36. The van der Waals surface area contributed by atoms with Crippen LogP contribution in [-0.4, -0.2) is 29.3 Å². The summed E-state index contributed by atoms with van der Waals surface area (Å²) in [4.78, 5) is 2.40. The molecule has 0 aromatic carbocycles. The number of aromatic nitrogens is 2. The first kappa shape index (κ1) is 10.1. The van der Waals surface area contributed by atoms with Crippen molar-refractivity contribution in [1.82, 2.24) is 10.2 Å². The van der Waals surface area contributed by atoms with Gasteiger partial charge in [0.25, 0.3) is 0 Å². The molecule has 0 saturated carbocycles. The van der Waals surface area contributed by atoms with Crippen LogP contribution < -0.4 is 10.6 Å². The highest BCUT2D eigenvalue weighted by molar-refractivity contribution is 5.52. The third-order valence-electron chi connectivity index (χ3n) is 4.04. The summed E-state index contributed by atoms with van der Waals surface area (Å²) in [5, 5.41) is 7.72. The van der Waals surface area contributed by atoms with Crippen LogP contribution in [-0.2, 0) is 6.42 Å². The van der Waals surface area contributed by atoms with Gasteiger partial charge >= 0.3 is 0 Å². The molecule has 1 aliphatic carbocycles. The molecule has 0 amide bonds. The molecule has 1 fully saturated rings. The Hall–Kier alpha value is -1.03. The molecule has 1 unspecified atom stereocenters. The van der Waals surface area contributed by atoms with E-state index in [4.69, 9.17) is 5.73 Å². The van der Waals surface area contributed by atoms with E-state index in [2.05, 4.69) is 22.0 Å². The Bertz CT molecular complexity index is 376. The number of rotatable bonds is 1. The van der Waals surface area contributed by atoms with Crippen LogP contribution in [0.2, 0.25) is 0 Å². The molecule has 3 rings (SSSR count). The third kappa shape index (κ3) is 1.52. The Morgan fingerprint density at radius 3 is 2.81 bits per heavy atom. The molecule has 1 aromatic rings. The van der Waals surface area contributed by atoms with Crippen LogP contribution >= 0.6 is 0 Å². The number of nitrogens with one attached hydrogen (secondary N) is 1. The van der Waals surface area contributed by atoms with E-state index in [1.54, 1.807) is 0 Å². The molecule has 1 aromatic heterocycles. The van der Waals surface area contributed by atoms with Crippen molar-refractivity contribution in [3.63, 3.8) is 0 Å². The minimum Gasteiger partial charge on any atom is -0.355 e. The van der Waals surface area contributed by atoms with Gasteiger partial charge in [0.05, 0.1) is 0 Å². The molecule has 1 atom stereocenters. The number of fused-ring (bicyclic) bond motifs is 1. The van der Waals surface area contributed by atoms with E-state index in [-0.39, 0.29) is 0 Å². The molecule has 0 radical (unpaired) electrons. The Labute approximate surface area is 96.2 Å². The van der Waals surface area contributed by atoms with Gasteiger partial charge in [0.2, 0.25) is 0 Å². The minimum absolute atomic E-state index is 0.391. The Morgan fingerprint density at radius 2 is 2.06 bits per heavy atom. The van der Waals surface area contributed by atoms with Crippen LogP contribution in [0.1, 0.15) is 43.4 Å². The fourth-order valence-electron chi connectivity index (χ4n) is 2.90. The van der Waals surface area contributed by atoms with Crippen molar-refractivity contribution in [2.45, 2.75) is 44.6 Å². The van der Waals surface area contributed by atoms with Crippen LogP contribution in [0.15, 0.2) is 0 Å². The van der Waals surface area contributed by atoms with Gasteiger partial charge < -0.3 is 10.6 Å². The summed E-state index contributed by atoms with van der Waals surface area (Å²) in [6.07, 6.45) is 4.64. The van der Waals surface area contributed by atoms with Gasteiger partial charge in [0.1, 0.15) is 0 Å². The number of hydrogen-bond acceptors (Lipinski definition) is 3. The smallest absolute Gasteiger partial charge is 0.153 e. The summed E-state index contributed by atoms with van der Waals surface area (Å²) in [6, 6.07) is 0.391. The van der Waals surface area contributed by atoms with Crippen LogP contribution in [0.4, 0.5) is 5.82 Å². The van der Waals surface area contributed by atoms with Crippen molar-refractivity contribution in [3.8, 4) is 0 Å². The molecule has 16 heavy (non-hydrogen) atoms. The van der Waals surface area contributed by atoms with E-state index in [0.29, 0.717) is 12.0 Å². The van der Waals surface area contributed by atoms with Gasteiger partial charge in [-0.3, -0.25) is 5.10 Å². The fourth-order valence-corrected chi connectivity index (χ4v) is 2.90. The van der Waals surface area contributed by atoms with Crippen molar-refractivity contribution in [2.24, 2.45) is 5.73 Å². The van der Waals surface area contributed by atoms with Crippen LogP contribution in [0.3, 0.4) is 0 Å². The number of hydrogen-bond donors (Lipinski definition) is 2. The highest BCUT2D eigenvalue weighted by Gasteiger charge is 2.28. The van der Waals surface area contributed by atoms with Crippen molar-refractivity contribution < 1.29 is 0 Å². The standard InChI is InChI=1S/C12H20N4/c1-8-2-3-10-11(8)14-15-12(10)16-6-4-9(13)5-7-16/h8-9H,2-7,13H2,1H3,(H,14,15). The van der Waals surface area contributed by atoms with E-state index in [0.717, 1.165) is 25.9 Å². The van der Waals surface area contributed by atoms with E-state index in [1.165, 1.54) is 29.9 Å². The molecule has 88 valence electrons. The van der Waals surface area contributed by atoms with Gasteiger partial charge in [0.15, 0.2) is 5.82 Å². The third-order valence-corrected chi connectivity index (χ3v) is 4.04. The van der Waals surface area contributed by atoms with E-state index in [9.17, 15) is 0 Å². The fraction of sp³-hybridized carbons (Fsp3) is 0.750. The highest BCUT2D eigenvalue weighted by atomic mass is 15.3. The van der Waals surface area contributed by atoms with E-state index in [1.807, 2.05) is 0 Å². The first-order valence-electron chi connectivity index (χ1n) is 6.33. The van der Waals surface area contributed by atoms with Crippen LogP contribution in [0.5, 0.6) is 0 Å². The quantitative estimate of drug-likeness (QED) is 0.752. The normalized spacial score (nSPS) is 26.1. The van der Waals surface area contributed by atoms with Crippen molar-refractivity contribution in [2.75, 3.05) is 18.0 Å². The predicted molar refractivity (Wildman–Crippen MR) is 64.7 cm³/mol. The largest absolute Gasteiger partial charge is 0.355 e. The summed E-state index contributed by atoms with van der Waals surface area (Å²) < 4.78 is 0. The zero-order valence-corrected chi connectivity index (χ0v) is 9.87. The Kier molecular flexibility index (Phi) is 2.39. The second kappa shape index (κ2) is 3.77. The van der Waals surface area contributed by atoms with E-state index < -0.39 is 0 Å². The zero-order chi connectivity index (χ0) is 11.1. The molecule has 4 nitrogen and oxygen atoms in total. The maximum atomic E-state index is 5.93. The zero-order valence-electron chi connectivity index (χ0n) is 9.87. The number of anilines is 1. The molecule has 2 aliphatic rings. The summed E-state index contributed by atoms with van der Waals surface area (Å²) in [5.74, 6) is 1.86. The second-order valence-electron chi connectivity index (χ2n) is 5.20. The molecule has 0 bridgehead atoms. The lowest BCUT2D eigenvalue weighted by molar-refractivity contribution is 0.497.